The average molecular weight is 736 g/mol. The Bertz CT molecular complexity index is 1890. The van der Waals surface area contributed by atoms with E-state index >= 15 is 0 Å². The number of aromatic nitrogens is 5. The van der Waals surface area contributed by atoms with Crippen LogP contribution in [0, 0.1) is 5.92 Å². The molecule has 4 aromatic rings. The van der Waals surface area contributed by atoms with Crippen LogP contribution in [0.2, 0.25) is 0 Å². The van der Waals surface area contributed by atoms with Gasteiger partial charge in [-0.25, -0.2) is 24.9 Å². The normalized spacial score (nSPS) is 21.8. The molecule has 2 aliphatic rings. The van der Waals surface area contributed by atoms with Gasteiger partial charge in [-0.2, -0.15) is 0 Å². The Hall–Kier alpha value is -4.84. The van der Waals surface area contributed by atoms with Gasteiger partial charge in [0.1, 0.15) is 12.7 Å². The summed E-state index contributed by atoms with van der Waals surface area (Å²) in [6.45, 7) is 8.82. The molecule has 16 nitrogen and oxygen atoms in total. The highest BCUT2D eigenvalue weighted by atomic mass is 32.1. The molecule has 4 aromatic heterocycles. The van der Waals surface area contributed by atoms with Gasteiger partial charge in [-0.3, -0.25) is 14.4 Å². The van der Waals surface area contributed by atoms with Crippen LogP contribution in [0.4, 0.5) is 11.8 Å². The number of rotatable bonds is 12. The van der Waals surface area contributed by atoms with Crippen LogP contribution in [0.3, 0.4) is 0 Å². The summed E-state index contributed by atoms with van der Waals surface area (Å²) in [6, 6.07) is 5.73. The fraction of sp³-hybridized carbons (Fsp3) is 0.486. The second-order valence-electron chi connectivity index (χ2n) is 12.6. The maximum absolute atomic E-state index is 13.1. The number of methoxy groups -OCH3 is 1. The molecule has 6 heterocycles. The molecule has 0 bridgehead atoms. The van der Waals surface area contributed by atoms with Crippen molar-refractivity contribution in [3.63, 3.8) is 0 Å². The molecule has 0 spiro atoms. The molecule has 5 atom stereocenters. The number of nitrogens with zero attached hydrogens (tertiary/aromatic N) is 7. The minimum atomic E-state index is -0.889. The van der Waals surface area contributed by atoms with Gasteiger partial charge < -0.3 is 38.2 Å². The maximum atomic E-state index is 13.1. The number of carbonyl (C=O) groups excluding carboxylic acids is 3. The molecule has 0 aliphatic carbocycles. The summed E-state index contributed by atoms with van der Waals surface area (Å²) in [4.78, 5) is 64.8. The van der Waals surface area contributed by atoms with Crippen LogP contribution in [0.25, 0.3) is 21.6 Å². The first-order valence-electron chi connectivity index (χ1n) is 16.8. The third-order valence-electron chi connectivity index (χ3n) is 8.68. The highest BCUT2D eigenvalue weighted by molar-refractivity contribution is 7.19. The molecular formula is C35H41N7O9S. The van der Waals surface area contributed by atoms with Crippen LogP contribution in [-0.4, -0.2) is 114 Å². The zero-order valence-corrected chi connectivity index (χ0v) is 30.6. The molecule has 6 rings (SSSR count). The molecule has 0 N–H and O–H groups in total. The zero-order valence-electron chi connectivity index (χ0n) is 29.8. The minimum Gasteiger partial charge on any atom is -0.481 e. The lowest BCUT2D eigenvalue weighted by molar-refractivity contribution is -0.276. The summed E-state index contributed by atoms with van der Waals surface area (Å²) in [6.07, 6.45) is 1.46. The van der Waals surface area contributed by atoms with Crippen LogP contribution < -0.4 is 14.5 Å². The summed E-state index contributed by atoms with van der Waals surface area (Å²) in [7, 11) is 3.45. The number of thiophene rings is 1. The van der Waals surface area contributed by atoms with Gasteiger partial charge in [-0.15, -0.1) is 11.3 Å². The summed E-state index contributed by atoms with van der Waals surface area (Å²) in [5.74, 6) is 0.427. The molecule has 0 unspecified atom stereocenters. The van der Waals surface area contributed by atoms with Crippen molar-refractivity contribution in [2.45, 2.75) is 58.8 Å². The topological polar surface area (TPSA) is 178 Å². The average Bonchev–Trinajstić information content (AvgIpc) is 3.55. The van der Waals surface area contributed by atoms with Gasteiger partial charge in [0.05, 0.1) is 48.8 Å². The summed E-state index contributed by atoms with van der Waals surface area (Å²) < 4.78 is 34.4. The summed E-state index contributed by atoms with van der Waals surface area (Å²) in [5, 5.41) is 0. The predicted octanol–water partition coefficient (Wildman–Crippen LogP) is 3.47. The van der Waals surface area contributed by atoms with Crippen molar-refractivity contribution in [2.24, 2.45) is 5.92 Å². The van der Waals surface area contributed by atoms with Crippen LogP contribution in [-0.2, 0) is 39.8 Å². The number of carbonyl (C=O) groups is 3. The van der Waals surface area contributed by atoms with Crippen LogP contribution in [0.15, 0.2) is 36.8 Å². The second-order valence-corrected chi connectivity index (χ2v) is 13.7. The number of hydrogen-bond donors (Lipinski definition) is 0. The number of esters is 2. The van der Waals surface area contributed by atoms with Crippen molar-refractivity contribution in [3.05, 3.63) is 47.2 Å². The number of ketones is 1. The van der Waals surface area contributed by atoms with Crippen LogP contribution in [0.1, 0.15) is 42.9 Å². The Morgan fingerprint density at radius 1 is 0.981 bits per heavy atom. The van der Waals surface area contributed by atoms with Gasteiger partial charge in [0, 0.05) is 75.0 Å². The molecule has 0 amide bonds. The number of ether oxygens (including phenoxy) is 6. The fourth-order valence-electron chi connectivity index (χ4n) is 6.05. The number of pyridine rings is 1. The van der Waals surface area contributed by atoms with E-state index in [1.54, 1.807) is 44.6 Å². The van der Waals surface area contributed by atoms with Gasteiger partial charge >= 0.3 is 11.9 Å². The smallest absolute Gasteiger partial charge is 0.303 e. The maximum Gasteiger partial charge on any atom is 0.303 e. The number of anilines is 2. The highest BCUT2D eigenvalue weighted by Gasteiger charge is 2.46. The predicted molar refractivity (Wildman–Crippen MR) is 189 cm³/mol. The number of morpholine rings is 1. The first kappa shape index (κ1) is 36.9. The standard InChI is InChI=1S/C35H41N7O9S/c1-19-29(50-21(3)43)30(51-22(4)44)20(2)49-34(19)48-18-27(45)24-15-37-35(38-16-24)41(5)17-25-13-26-31(52-25)33(42-9-11-47-12-10-42)40-32(39-26)23-7-8-28(46-6)36-14-23/h7-8,13-16,19-20,29-30,34H,9-12,17-18H2,1-6H3/t19-,20-,29-,30+,34+/m0/s1. The highest BCUT2D eigenvalue weighted by Crippen LogP contribution is 2.35. The SMILES string of the molecule is COc1ccc(-c2nc(N3CCOCC3)c3sc(CN(C)c4ncc(C(=O)CO[C@@H]5O[C@@H](C)[C@@H](OC(C)=O)[C@@H](OC(C)=O)[C@@H]5C)cn4)cc3n2)cn1. The molecule has 0 aromatic carbocycles. The molecule has 2 saturated heterocycles. The molecule has 17 heteroatoms. The number of hydrogen-bond acceptors (Lipinski definition) is 17. The Labute approximate surface area is 304 Å². The van der Waals surface area contributed by atoms with Crippen molar-refractivity contribution in [3.8, 4) is 17.3 Å². The van der Waals surface area contributed by atoms with E-state index in [9.17, 15) is 14.4 Å². The summed E-state index contributed by atoms with van der Waals surface area (Å²) >= 11 is 1.61. The van der Waals surface area contributed by atoms with Gasteiger partial charge in [0.15, 0.2) is 29.8 Å². The van der Waals surface area contributed by atoms with Crippen molar-refractivity contribution in [2.75, 3.05) is 56.9 Å². The number of fused-ring (bicyclic) bond motifs is 1. The monoisotopic (exact) mass is 735 g/mol. The quantitative estimate of drug-likeness (QED) is 0.152. The van der Waals surface area contributed by atoms with Gasteiger partial charge in [0.2, 0.25) is 11.8 Å². The second kappa shape index (κ2) is 16.2. The third kappa shape index (κ3) is 8.44. The molecule has 276 valence electrons. The Morgan fingerprint density at radius 2 is 1.69 bits per heavy atom. The van der Waals surface area contributed by atoms with E-state index in [1.807, 2.05) is 24.1 Å². The van der Waals surface area contributed by atoms with E-state index in [0.717, 1.165) is 39.6 Å². The molecule has 2 aliphatic heterocycles. The van der Waals surface area contributed by atoms with Gasteiger partial charge in [-0.05, 0) is 19.1 Å². The first-order chi connectivity index (χ1) is 25.0. The molecule has 52 heavy (non-hydrogen) atoms. The van der Waals surface area contributed by atoms with Gasteiger partial charge in [0.25, 0.3) is 0 Å². The van der Waals surface area contributed by atoms with Crippen molar-refractivity contribution in [1.29, 1.82) is 0 Å². The van der Waals surface area contributed by atoms with E-state index in [-0.39, 0.29) is 18.0 Å². The largest absolute Gasteiger partial charge is 0.481 e. The zero-order chi connectivity index (χ0) is 36.9. The molecule has 0 radical (unpaired) electrons. The Balaban J connectivity index is 1.12. The Kier molecular flexibility index (Phi) is 11.5. The van der Waals surface area contributed by atoms with Crippen molar-refractivity contribution < 1.29 is 42.8 Å². The molecular weight excluding hydrogens is 694 g/mol. The summed E-state index contributed by atoms with van der Waals surface area (Å²) in [5.41, 5.74) is 1.87. The lowest BCUT2D eigenvalue weighted by Gasteiger charge is -2.42. The van der Waals surface area contributed by atoms with Gasteiger partial charge in [-0.1, -0.05) is 6.92 Å². The van der Waals surface area contributed by atoms with E-state index in [0.29, 0.717) is 37.4 Å². The van der Waals surface area contributed by atoms with E-state index in [2.05, 4.69) is 19.9 Å². The van der Waals surface area contributed by atoms with Crippen molar-refractivity contribution in [1.82, 2.24) is 24.9 Å². The molecule has 2 fully saturated rings. The molecule has 0 saturated carbocycles. The first-order valence-corrected chi connectivity index (χ1v) is 17.6. The van der Waals surface area contributed by atoms with Crippen LogP contribution >= 0.6 is 11.3 Å². The fourth-order valence-corrected chi connectivity index (χ4v) is 7.21. The number of Topliss-reactive ketones (excluding diaryl/α,β-unsaturated/α-hetero) is 1. The lowest BCUT2D eigenvalue weighted by atomic mass is 9.92. The minimum absolute atomic E-state index is 0.260. The van der Waals surface area contributed by atoms with E-state index in [4.69, 9.17) is 38.4 Å². The van der Waals surface area contributed by atoms with E-state index in [1.165, 1.54) is 26.2 Å². The van der Waals surface area contributed by atoms with Crippen LogP contribution in [0.5, 0.6) is 5.88 Å². The lowest BCUT2D eigenvalue weighted by Crippen LogP contribution is -2.56. The van der Waals surface area contributed by atoms with E-state index < -0.39 is 42.5 Å². The Morgan fingerprint density at radius 3 is 2.35 bits per heavy atom. The van der Waals surface area contributed by atoms with Crippen molar-refractivity contribution >= 4 is 51.0 Å². The third-order valence-corrected chi connectivity index (χ3v) is 9.78.